The first-order valence-corrected chi connectivity index (χ1v) is 6.89. The van der Waals surface area contributed by atoms with Gasteiger partial charge in [-0.1, -0.05) is 0 Å². The summed E-state index contributed by atoms with van der Waals surface area (Å²) in [5.41, 5.74) is 6.71. The van der Waals surface area contributed by atoms with Gasteiger partial charge in [0.25, 0.3) is 0 Å². The molecule has 1 aromatic heterocycles. The molecule has 0 bridgehead atoms. The zero-order valence-corrected chi connectivity index (χ0v) is 11.3. The van der Waals surface area contributed by atoms with Crippen LogP contribution in [0.15, 0.2) is 18.2 Å². The highest BCUT2D eigenvalue weighted by molar-refractivity contribution is 5.80. The number of benzene rings is 1. The Morgan fingerprint density at radius 1 is 1.19 bits per heavy atom. The van der Waals surface area contributed by atoms with Gasteiger partial charge in [-0.25, -0.2) is 4.98 Å². The number of imidazole rings is 1. The van der Waals surface area contributed by atoms with Crippen LogP contribution >= 0.6 is 0 Å². The van der Waals surface area contributed by atoms with Crippen LogP contribution in [0.4, 0.5) is 18.9 Å². The van der Waals surface area contributed by atoms with E-state index < -0.39 is 18.1 Å². The molecule has 21 heavy (non-hydrogen) atoms. The minimum atomic E-state index is -4.51. The van der Waals surface area contributed by atoms with Gasteiger partial charge in [-0.15, -0.1) is 0 Å². The van der Waals surface area contributed by atoms with Crippen molar-refractivity contribution in [2.75, 3.05) is 5.73 Å². The number of hydrogen-bond donors (Lipinski definition) is 2. The Kier molecular flexibility index (Phi) is 3.32. The molecule has 3 N–H and O–H groups in total. The summed E-state index contributed by atoms with van der Waals surface area (Å²) < 4.78 is 41.0. The van der Waals surface area contributed by atoms with Gasteiger partial charge in [-0.3, -0.25) is 0 Å². The topological polar surface area (TPSA) is 64.1 Å². The lowest BCUT2D eigenvalue weighted by Crippen LogP contribution is -2.25. The van der Waals surface area contributed by atoms with E-state index in [9.17, 15) is 18.3 Å². The fourth-order valence-corrected chi connectivity index (χ4v) is 3.00. The number of nitrogen functional groups attached to an aromatic ring is 1. The van der Waals surface area contributed by atoms with Gasteiger partial charge in [0.2, 0.25) is 5.82 Å². The molecular weight excluding hydrogens is 283 g/mol. The van der Waals surface area contributed by atoms with Gasteiger partial charge in [-0.05, 0) is 43.9 Å². The number of fused-ring (bicyclic) bond motifs is 1. The molecule has 7 heteroatoms. The third-order valence-electron chi connectivity index (χ3n) is 4.00. The van der Waals surface area contributed by atoms with Gasteiger partial charge < -0.3 is 15.4 Å². The van der Waals surface area contributed by atoms with Crippen molar-refractivity contribution in [2.45, 2.75) is 44.0 Å². The minimum absolute atomic E-state index is 0.258. The van der Waals surface area contributed by atoms with Crippen molar-refractivity contribution >= 4 is 16.7 Å². The predicted molar refractivity (Wildman–Crippen MR) is 72.7 cm³/mol. The van der Waals surface area contributed by atoms with E-state index in [1.54, 1.807) is 12.1 Å². The van der Waals surface area contributed by atoms with Crippen LogP contribution in [0, 0.1) is 0 Å². The van der Waals surface area contributed by atoms with Gasteiger partial charge in [0.1, 0.15) is 0 Å². The van der Waals surface area contributed by atoms with Gasteiger partial charge in [-0.2, -0.15) is 13.2 Å². The average Bonchev–Trinajstić information content (AvgIpc) is 2.78. The zero-order valence-electron chi connectivity index (χ0n) is 11.3. The third-order valence-corrected chi connectivity index (χ3v) is 4.00. The lowest BCUT2D eigenvalue weighted by Gasteiger charge is -2.28. The van der Waals surface area contributed by atoms with E-state index >= 15 is 0 Å². The maximum absolute atomic E-state index is 13.3. The molecule has 2 aromatic rings. The van der Waals surface area contributed by atoms with Crippen molar-refractivity contribution in [2.24, 2.45) is 0 Å². The molecule has 1 fully saturated rings. The minimum Gasteiger partial charge on any atom is -0.399 e. The molecule has 4 nitrogen and oxygen atoms in total. The Bertz CT molecular complexity index is 657. The van der Waals surface area contributed by atoms with Crippen molar-refractivity contribution in [3.8, 4) is 0 Å². The summed E-state index contributed by atoms with van der Waals surface area (Å²) >= 11 is 0. The SMILES string of the molecule is Nc1ccc2c(c1)nc(C(F)(F)F)n2C1CCC(O)CC1. The van der Waals surface area contributed by atoms with E-state index in [0.29, 0.717) is 36.9 Å². The quantitative estimate of drug-likeness (QED) is 0.795. The van der Waals surface area contributed by atoms with Crippen LogP contribution in [0.1, 0.15) is 37.5 Å². The number of anilines is 1. The molecule has 0 saturated heterocycles. The smallest absolute Gasteiger partial charge is 0.399 e. The summed E-state index contributed by atoms with van der Waals surface area (Å²) in [5, 5.41) is 9.54. The molecule has 0 amide bonds. The maximum atomic E-state index is 13.3. The number of nitrogens with two attached hydrogens (primary N) is 1. The zero-order chi connectivity index (χ0) is 15.2. The molecule has 114 valence electrons. The standard InChI is InChI=1S/C14H16F3N3O/c15-14(16,17)13-19-11-7-8(18)1-6-12(11)20(13)9-2-4-10(21)5-3-9/h1,6-7,9-10,21H,2-5,18H2. The Labute approximate surface area is 119 Å². The average molecular weight is 299 g/mol. The molecule has 1 aromatic carbocycles. The third kappa shape index (κ3) is 2.57. The van der Waals surface area contributed by atoms with Crippen LogP contribution in [0.25, 0.3) is 11.0 Å². The van der Waals surface area contributed by atoms with E-state index in [-0.39, 0.29) is 11.6 Å². The monoisotopic (exact) mass is 299 g/mol. The summed E-state index contributed by atoms with van der Waals surface area (Å²) in [6.45, 7) is 0. The molecule has 1 heterocycles. The Balaban J connectivity index is 2.14. The van der Waals surface area contributed by atoms with Crippen LogP contribution in [0.5, 0.6) is 0 Å². The van der Waals surface area contributed by atoms with Gasteiger partial charge >= 0.3 is 6.18 Å². The fraction of sp³-hybridized carbons (Fsp3) is 0.500. The Morgan fingerprint density at radius 2 is 1.86 bits per heavy atom. The van der Waals surface area contributed by atoms with E-state index in [4.69, 9.17) is 5.73 Å². The van der Waals surface area contributed by atoms with E-state index in [2.05, 4.69) is 4.98 Å². The number of rotatable bonds is 1. The lowest BCUT2D eigenvalue weighted by atomic mass is 9.92. The highest BCUT2D eigenvalue weighted by atomic mass is 19.4. The number of halogens is 3. The Hall–Kier alpha value is -1.76. The van der Waals surface area contributed by atoms with E-state index in [1.807, 2.05) is 0 Å². The van der Waals surface area contributed by atoms with Crippen LogP contribution in [0.2, 0.25) is 0 Å². The van der Waals surface area contributed by atoms with Gasteiger partial charge in [0.05, 0.1) is 17.1 Å². The number of nitrogens with zero attached hydrogens (tertiary/aromatic N) is 2. The predicted octanol–water partition coefficient (Wildman–Crippen LogP) is 3.11. The summed E-state index contributed by atoms with van der Waals surface area (Å²) in [7, 11) is 0. The lowest BCUT2D eigenvalue weighted by molar-refractivity contribution is -0.148. The van der Waals surface area contributed by atoms with Gasteiger partial charge in [0, 0.05) is 11.7 Å². The molecule has 1 aliphatic carbocycles. The molecular formula is C14H16F3N3O. The summed E-state index contributed by atoms with van der Waals surface area (Å²) in [4.78, 5) is 3.73. The second-order valence-electron chi connectivity index (χ2n) is 5.51. The molecule has 3 rings (SSSR count). The second kappa shape index (κ2) is 4.91. The van der Waals surface area contributed by atoms with Crippen LogP contribution in [0.3, 0.4) is 0 Å². The molecule has 0 unspecified atom stereocenters. The van der Waals surface area contributed by atoms with Crippen molar-refractivity contribution in [3.63, 3.8) is 0 Å². The van der Waals surface area contributed by atoms with Crippen molar-refractivity contribution in [1.82, 2.24) is 9.55 Å². The number of hydrogen-bond acceptors (Lipinski definition) is 3. The van der Waals surface area contributed by atoms with E-state index in [1.165, 1.54) is 10.6 Å². The molecule has 1 saturated carbocycles. The number of aliphatic hydroxyl groups excluding tert-OH is 1. The Morgan fingerprint density at radius 3 is 2.48 bits per heavy atom. The highest BCUT2D eigenvalue weighted by Crippen LogP contribution is 2.38. The maximum Gasteiger partial charge on any atom is 0.449 e. The molecule has 0 atom stereocenters. The summed E-state index contributed by atoms with van der Waals surface area (Å²) in [5.74, 6) is -0.885. The van der Waals surface area contributed by atoms with Gasteiger partial charge in [0.15, 0.2) is 0 Å². The van der Waals surface area contributed by atoms with Crippen LogP contribution < -0.4 is 5.73 Å². The largest absolute Gasteiger partial charge is 0.449 e. The molecule has 1 aliphatic rings. The first kappa shape index (κ1) is 14.2. The van der Waals surface area contributed by atoms with Crippen molar-refractivity contribution in [3.05, 3.63) is 24.0 Å². The molecule has 0 spiro atoms. The number of aliphatic hydroxyl groups is 1. The first-order valence-electron chi connectivity index (χ1n) is 6.89. The number of alkyl halides is 3. The highest BCUT2D eigenvalue weighted by Gasteiger charge is 2.39. The second-order valence-corrected chi connectivity index (χ2v) is 5.51. The fourth-order valence-electron chi connectivity index (χ4n) is 3.00. The normalized spacial score (nSPS) is 23.6. The molecule has 0 radical (unpaired) electrons. The van der Waals surface area contributed by atoms with Crippen LogP contribution in [-0.4, -0.2) is 20.8 Å². The number of aromatic nitrogens is 2. The van der Waals surface area contributed by atoms with E-state index in [0.717, 1.165) is 0 Å². The first-order chi connectivity index (χ1) is 9.86. The van der Waals surface area contributed by atoms with Crippen molar-refractivity contribution in [1.29, 1.82) is 0 Å². The molecule has 0 aliphatic heterocycles. The summed E-state index contributed by atoms with van der Waals surface area (Å²) in [6.07, 6.45) is -2.88. The van der Waals surface area contributed by atoms with Crippen LogP contribution in [-0.2, 0) is 6.18 Å². The summed E-state index contributed by atoms with van der Waals surface area (Å²) in [6, 6.07) is 4.33. The van der Waals surface area contributed by atoms with Crippen molar-refractivity contribution < 1.29 is 18.3 Å².